The van der Waals surface area contributed by atoms with Gasteiger partial charge in [0.25, 0.3) is 5.91 Å². The zero-order valence-corrected chi connectivity index (χ0v) is 11.9. The summed E-state index contributed by atoms with van der Waals surface area (Å²) in [7, 11) is 1.50. The van der Waals surface area contributed by atoms with Crippen LogP contribution in [0.25, 0.3) is 0 Å². The van der Waals surface area contributed by atoms with E-state index in [0.29, 0.717) is 28.4 Å². The van der Waals surface area contributed by atoms with Gasteiger partial charge in [-0.1, -0.05) is 0 Å². The molecule has 21 heavy (non-hydrogen) atoms. The minimum absolute atomic E-state index is 0.0190. The normalized spacial score (nSPS) is 10.2. The molecular formula is C14H15N3O4. The van der Waals surface area contributed by atoms with E-state index in [-0.39, 0.29) is 11.6 Å². The van der Waals surface area contributed by atoms with Crippen molar-refractivity contribution < 1.29 is 19.4 Å². The summed E-state index contributed by atoms with van der Waals surface area (Å²) in [6, 6.07) is 3.27. The molecule has 2 rings (SSSR count). The van der Waals surface area contributed by atoms with Gasteiger partial charge in [0.05, 0.1) is 24.6 Å². The average Bonchev–Trinajstić information content (AvgIpc) is 2.75. The Morgan fingerprint density at radius 1 is 1.33 bits per heavy atom. The van der Waals surface area contributed by atoms with E-state index >= 15 is 0 Å². The topological polar surface area (TPSA) is 104 Å². The van der Waals surface area contributed by atoms with Crippen molar-refractivity contribution in [3.05, 3.63) is 40.8 Å². The van der Waals surface area contributed by atoms with Crippen molar-refractivity contribution in [2.24, 2.45) is 0 Å². The number of carboxylic acid groups (broad SMARTS) is 1. The molecule has 0 fully saturated rings. The van der Waals surface area contributed by atoms with Gasteiger partial charge in [0.2, 0.25) is 5.88 Å². The second-order valence-corrected chi connectivity index (χ2v) is 4.47. The number of aromatic carboxylic acids is 1. The zero-order chi connectivity index (χ0) is 15.6. The van der Waals surface area contributed by atoms with Crippen molar-refractivity contribution in [2.75, 3.05) is 12.4 Å². The van der Waals surface area contributed by atoms with E-state index in [9.17, 15) is 9.59 Å². The van der Waals surface area contributed by atoms with Gasteiger partial charge >= 0.3 is 5.97 Å². The molecule has 2 aromatic heterocycles. The number of hydrogen-bond acceptors (Lipinski definition) is 4. The van der Waals surface area contributed by atoms with Crippen molar-refractivity contribution in [1.82, 2.24) is 9.97 Å². The number of nitrogens with zero attached hydrogens (tertiary/aromatic N) is 1. The van der Waals surface area contributed by atoms with Crippen LogP contribution < -0.4 is 10.1 Å². The van der Waals surface area contributed by atoms with E-state index in [4.69, 9.17) is 9.84 Å². The first kappa shape index (κ1) is 14.6. The zero-order valence-electron chi connectivity index (χ0n) is 11.9. The van der Waals surface area contributed by atoms with Crippen LogP contribution in [-0.2, 0) is 0 Å². The van der Waals surface area contributed by atoms with Gasteiger partial charge < -0.3 is 20.1 Å². The van der Waals surface area contributed by atoms with Gasteiger partial charge in [-0.05, 0) is 25.5 Å². The average molecular weight is 289 g/mol. The Labute approximate surface area is 121 Å². The number of aryl methyl sites for hydroxylation is 1. The van der Waals surface area contributed by atoms with E-state index in [1.165, 1.54) is 13.3 Å². The molecule has 0 unspecified atom stereocenters. The Morgan fingerprint density at radius 2 is 2.05 bits per heavy atom. The maximum absolute atomic E-state index is 12.3. The Morgan fingerprint density at radius 3 is 2.52 bits per heavy atom. The summed E-state index contributed by atoms with van der Waals surface area (Å²) in [6.07, 6.45) is 1.46. The van der Waals surface area contributed by atoms with E-state index < -0.39 is 5.97 Å². The van der Waals surface area contributed by atoms with Crippen molar-refractivity contribution >= 4 is 17.6 Å². The molecule has 110 valence electrons. The molecule has 0 saturated carbocycles. The number of amides is 1. The lowest BCUT2D eigenvalue weighted by Crippen LogP contribution is -2.14. The van der Waals surface area contributed by atoms with E-state index in [2.05, 4.69) is 15.3 Å². The molecule has 0 aliphatic carbocycles. The molecular weight excluding hydrogens is 274 g/mol. The predicted molar refractivity (Wildman–Crippen MR) is 76.0 cm³/mol. The summed E-state index contributed by atoms with van der Waals surface area (Å²) in [5.74, 6) is -1.04. The summed E-state index contributed by atoms with van der Waals surface area (Å²) in [5, 5.41) is 11.7. The Bertz CT molecular complexity index is 689. The summed E-state index contributed by atoms with van der Waals surface area (Å²) < 4.78 is 4.93. The molecule has 0 bridgehead atoms. The third-order valence-corrected chi connectivity index (χ3v) is 3.08. The second-order valence-electron chi connectivity index (χ2n) is 4.47. The van der Waals surface area contributed by atoms with Crippen LogP contribution in [0.4, 0.5) is 5.69 Å². The summed E-state index contributed by atoms with van der Waals surface area (Å²) in [5.41, 5.74) is 1.74. The predicted octanol–water partition coefficient (Wildman–Crippen LogP) is 1.99. The summed E-state index contributed by atoms with van der Waals surface area (Å²) in [4.78, 5) is 30.0. The number of ether oxygens (including phenoxy) is 1. The van der Waals surface area contributed by atoms with Crippen LogP contribution in [0.2, 0.25) is 0 Å². The van der Waals surface area contributed by atoms with Crippen LogP contribution in [0.15, 0.2) is 18.3 Å². The van der Waals surface area contributed by atoms with Gasteiger partial charge in [-0.15, -0.1) is 0 Å². The SMILES string of the molecule is COc1ccc(NC(=O)c2c(C)[nH]c(C(=O)O)c2C)cn1. The highest BCUT2D eigenvalue weighted by atomic mass is 16.5. The van der Waals surface area contributed by atoms with Crippen molar-refractivity contribution in [1.29, 1.82) is 0 Å². The maximum atomic E-state index is 12.3. The van der Waals surface area contributed by atoms with Gasteiger partial charge in [-0.3, -0.25) is 4.79 Å². The highest BCUT2D eigenvalue weighted by Gasteiger charge is 2.21. The van der Waals surface area contributed by atoms with Gasteiger partial charge in [0.15, 0.2) is 0 Å². The molecule has 0 aliphatic rings. The monoisotopic (exact) mass is 289 g/mol. The number of carbonyl (C=O) groups is 2. The summed E-state index contributed by atoms with van der Waals surface area (Å²) in [6.45, 7) is 3.24. The third-order valence-electron chi connectivity index (χ3n) is 3.08. The molecule has 2 aromatic rings. The van der Waals surface area contributed by atoms with E-state index in [1.807, 2.05) is 0 Å². The van der Waals surface area contributed by atoms with Crippen LogP contribution in [0.5, 0.6) is 5.88 Å². The molecule has 0 saturated heterocycles. The Balaban J connectivity index is 2.26. The highest BCUT2D eigenvalue weighted by molar-refractivity contribution is 6.08. The van der Waals surface area contributed by atoms with Crippen molar-refractivity contribution in [3.63, 3.8) is 0 Å². The van der Waals surface area contributed by atoms with Crippen molar-refractivity contribution in [2.45, 2.75) is 13.8 Å². The fourth-order valence-electron chi connectivity index (χ4n) is 2.07. The molecule has 0 aromatic carbocycles. The number of aromatic nitrogens is 2. The fourth-order valence-corrected chi connectivity index (χ4v) is 2.07. The first-order valence-corrected chi connectivity index (χ1v) is 6.18. The van der Waals surface area contributed by atoms with Gasteiger partial charge in [-0.2, -0.15) is 0 Å². The summed E-state index contributed by atoms with van der Waals surface area (Å²) >= 11 is 0. The third kappa shape index (κ3) is 2.86. The maximum Gasteiger partial charge on any atom is 0.352 e. The Hall–Kier alpha value is -2.83. The molecule has 0 atom stereocenters. The second kappa shape index (κ2) is 5.66. The van der Waals surface area contributed by atoms with Gasteiger partial charge in [0, 0.05) is 11.8 Å². The number of anilines is 1. The first-order chi connectivity index (χ1) is 9.93. The largest absolute Gasteiger partial charge is 0.481 e. The first-order valence-electron chi connectivity index (χ1n) is 6.18. The molecule has 0 radical (unpaired) electrons. The van der Waals surface area contributed by atoms with Gasteiger partial charge in [-0.25, -0.2) is 9.78 Å². The molecule has 1 amide bonds. The number of carboxylic acids is 1. The molecule has 7 nitrogen and oxygen atoms in total. The van der Waals surface area contributed by atoms with Crippen LogP contribution in [0.3, 0.4) is 0 Å². The minimum atomic E-state index is -1.10. The van der Waals surface area contributed by atoms with Crippen LogP contribution in [0, 0.1) is 13.8 Å². The smallest absolute Gasteiger partial charge is 0.352 e. The number of H-pyrrole nitrogens is 1. The quantitative estimate of drug-likeness (QED) is 0.798. The number of hydrogen-bond donors (Lipinski definition) is 3. The number of nitrogens with one attached hydrogen (secondary N) is 2. The van der Waals surface area contributed by atoms with Crippen LogP contribution >= 0.6 is 0 Å². The van der Waals surface area contributed by atoms with E-state index in [0.717, 1.165) is 0 Å². The van der Waals surface area contributed by atoms with Gasteiger partial charge in [0.1, 0.15) is 5.69 Å². The lowest BCUT2D eigenvalue weighted by molar-refractivity contribution is 0.0690. The number of methoxy groups -OCH3 is 1. The van der Waals surface area contributed by atoms with Crippen molar-refractivity contribution in [3.8, 4) is 5.88 Å². The molecule has 2 heterocycles. The lowest BCUT2D eigenvalue weighted by atomic mass is 10.1. The molecule has 0 spiro atoms. The lowest BCUT2D eigenvalue weighted by Gasteiger charge is -2.06. The fraction of sp³-hybridized carbons (Fsp3) is 0.214. The molecule has 0 aliphatic heterocycles. The standard InChI is InChI=1S/C14H15N3O4/c1-7-11(8(2)16-12(7)14(19)20)13(18)17-9-4-5-10(21-3)15-6-9/h4-6,16H,1-3H3,(H,17,18)(H,19,20). The Kier molecular flexibility index (Phi) is 3.93. The number of aromatic amines is 1. The molecule has 3 N–H and O–H groups in total. The minimum Gasteiger partial charge on any atom is -0.481 e. The van der Waals surface area contributed by atoms with E-state index in [1.54, 1.807) is 26.0 Å². The van der Waals surface area contributed by atoms with Crippen LogP contribution in [-0.4, -0.2) is 34.1 Å². The highest BCUT2D eigenvalue weighted by Crippen LogP contribution is 2.20. The number of rotatable bonds is 4. The number of carbonyl (C=O) groups excluding carboxylic acids is 1. The number of pyridine rings is 1. The van der Waals surface area contributed by atoms with Crippen LogP contribution in [0.1, 0.15) is 32.1 Å². The molecule has 7 heteroatoms.